The van der Waals surface area contributed by atoms with Gasteiger partial charge in [-0.05, 0) is 45.0 Å². The van der Waals surface area contributed by atoms with E-state index >= 15 is 0 Å². The van der Waals surface area contributed by atoms with E-state index in [0.717, 1.165) is 0 Å². The monoisotopic (exact) mass is 412 g/mol. The zero-order valence-corrected chi connectivity index (χ0v) is 17.3. The number of ether oxygens (including phenoxy) is 2. The van der Waals surface area contributed by atoms with E-state index in [4.69, 9.17) is 21.1 Å². The van der Waals surface area contributed by atoms with E-state index in [1.54, 1.807) is 39.0 Å². The molecule has 154 valence electrons. The Bertz CT molecular complexity index is 770. The molecule has 0 radical (unpaired) electrons. The summed E-state index contributed by atoms with van der Waals surface area (Å²) in [4.78, 5) is 36.6. The average molecular weight is 413 g/mol. The third-order valence-corrected chi connectivity index (χ3v) is 3.65. The van der Waals surface area contributed by atoms with E-state index in [-0.39, 0.29) is 18.7 Å². The van der Waals surface area contributed by atoms with Gasteiger partial charge < -0.3 is 24.8 Å². The third kappa shape index (κ3) is 7.87. The van der Waals surface area contributed by atoms with E-state index in [0.29, 0.717) is 16.3 Å². The van der Waals surface area contributed by atoms with Crippen molar-refractivity contribution in [3.8, 4) is 5.75 Å². The highest BCUT2D eigenvalue weighted by Gasteiger charge is 2.19. The lowest BCUT2D eigenvalue weighted by molar-refractivity contribution is -0.133. The SMILES string of the molecule is COc1ccc(Cl)cc1C=C(CN(C)C(=O)CNC(=O)OC(C)(C)C)C(=O)O. The second kappa shape index (κ2) is 9.98. The van der Waals surface area contributed by atoms with Crippen LogP contribution in [-0.4, -0.2) is 60.8 Å². The summed E-state index contributed by atoms with van der Waals surface area (Å²) in [6, 6.07) is 4.80. The van der Waals surface area contributed by atoms with Gasteiger partial charge in [0.05, 0.1) is 19.2 Å². The van der Waals surface area contributed by atoms with Gasteiger partial charge in [0.25, 0.3) is 0 Å². The number of likely N-dealkylation sites (N-methyl/N-ethyl adjacent to an activating group) is 1. The predicted octanol–water partition coefficient (Wildman–Crippen LogP) is 2.80. The molecule has 1 aromatic carbocycles. The molecular formula is C19H25ClN2O6. The number of hydrogen-bond donors (Lipinski definition) is 2. The van der Waals surface area contributed by atoms with Crippen molar-refractivity contribution >= 4 is 35.6 Å². The van der Waals surface area contributed by atoms with Crippen LogP contribution >= 0.6 is 11.6 Å². The van der Waals surface area contributed by atoms with Crippen LogP contribution in [0.25, 0.3) is 6.08 Å². The molecule has 0 unspecified atom stereocenters. The van der Waals surface area contributed by atoms with Crippen LogP contribution in [0.15, 0.2) is 23.8 Å². The number of carboxylic acids is 1. The first-order valence-electron chi connectivity index (χ1n) is 8.41. The van der Waals surface area contributed by atoms with Crippen LogP contribution in [0, 0.1) is 0 Å². The van der Waals surface area contributed by atoms with Crippen LogP contribution in [0.2, 0.25) is 5.02 Å². The fraction of sp³-hybridized carbons (Fsp3) is 0.421. The molecule has 0 saturated heterocycles. The maximum absolute atomic E-state index is 12.2. The first-order valence-corrected chi connectivity index (χ1v) is 8.79. The van der Waals surface area contributed by atoms with Crippen LogP contribution < -0.4 is 10.1 Å². The van der Waals surface area contributed by atoms with Crippen LogP contribution in [0.3, 0.4) is 0 Å². The number of hydrogen-bond acceptors (Lipinski definition) is 5. The Labute approximate surface area is 169 Å². The Morgan fingerprint density at radius 2 is 1.93 bits per heavy atom. The molecule has 0 bridgehead atoms. The summed E-state index contributed by atoms with van der Waals surface area (Å²) in [5.74, 6) is -1.22. The lowest BCUT2D eigenvalue weighted by atomic mass is 10.1. The molecule has 2 N–H and O–H groups in total. The summed E-state index contributed by atoms with van der Waals surface area (Å²) in [5.41, 5.74) is -0.261. The lowest BCUT2D eigenvalue weighted by Crippen LogP contribution is -2.41. The zero-order chi connectivity index (χ0) is 21.5. The van der Waals surface area contributed by atoms with E-state index in [1.165, 1.54) is 25.1 Å². The van der Waals surface area contributed by atoms with Crippen LogP contribution in [-0.2, 0) is 14.3 Å². The topological polar surface area (TPSA) is 105 Å². The summed E-state index contributed by atoms with van der Waals surface area (Å²) in [7, 11) is 2.89. The first-order chi connectivity index (χ1) is 12.9. The van der Waals surface area contributed by atoms with E-state index in [2.05, 4.69) is 5.32 Å². The van der Waals surface area contributed by atoms with Gasteiger partial charge in [-0.1, -0.05) is 11.6 Å². The van der Waals surface area contributed by atoms with E-state index in [9.17, 15) is 19.5 Å². The molecule has 0 atom stereocenters. The number of benzene rings is 1. The van der Waals surface area contributed by atoms with Gasteiger partial charge in [0.15, 0.2) is 0 Å². The Morgan fingerprint density at radius 3 is 2.46 bits per heavy atom. The number of alkyl carbamates (subject to hydrolysis) is 1. The first kappa shape index (κ1) is 23.3. The number of aliphatic carboxylic acids is 1. The van der Waals surface area contributed by atoms with Gasteiger partial charge >= 0.3 is 12.1 Å². The van der Waals surface area contributed by atoms with Crippen molar-refractivity contribution in [1.82, 2.24) is 10.2 Å². The van der Waals surface area contributed by atoms with Gasteiger partial charge in [-0.2, -0.15) is 0 Å². The highest BCUT2D eigenvalue weighted by molar-refractivity contribution is 6.30. The predicted molar refractivity (Wildman–Crippen MR) is 105 cm³/mol. The smallest absolute Gasteiger partial charge is 0.408 e. The highest BCUT2D eigenvalue weighted by atomic mass is 35.5. The molecule has 9 heteroatoms. The molecule has 1 aromatic rings. The van der Waals surface area contributed by atoms with Crippen LogP contribution in [0.4, 0.5) is 4.79 Å². The number of carbonyl (C=O) groups excluding carboxylic acids is 2. The fourth-order valence-electron chi connectivity index (χ4n) is 2.12. The molecule has 1 rings (SSSR count). The van der Waals surface area contributed by atoms with Gasteiger partial charge in [-0.25, -0.2) is 9.59 Å². The molecule has 0 aliphatic heterocycles. The number of nitrogens with one attached hydrogen (secondary N) is 1. The number of carboxylic acid groups (broad SMARTS) is 1. The molecule has 0 heterocycles. The number of carbonyl (C=O) groups is 3. The normalized spacial score (nSPS) is 11.6. The van der Waals surface area contributed by atoms with Gasteiger partial charge in [-0.15, -0.1) is 0 Å². The summed E-state index contributed by atoms with van der Waals surface area (Å²) in [5, 5.41) is 12.2. The number of halogens is 1. The largest absolute Gasteiger partial charge is 0.496 e. The molecular weight excluding hydrogens is 388 g/mol. The van der Waals surface area contributed by atoms with Crippen molar-refractivity contribution < 1.29 is 29.0 Å². The maximum atomic E-state index is 12.2. The third-order valence-electron chi connectivity index (χ3n) is 3.41. The summed E-state index contributed by atoms with van der Waals surface area (Å²) in [6.07, 6.45) is 0.657. The minimum absolute atomic E-state index is 0.0475. The molecule has 2 amide bonds. The Kier molecular flexibility index (Phi) is 8.31. The fourth-order valence-corrected chi connectivity index (χ4v) is 2.30. The lowest BCUT2D eigenvalue weighted by Gasteiger charge is -2.21. The van der Waals surface area contributed by atoms with Crippen molar-refractivity contribution in [3.63, 3.8) is 0 Å². The molecule has 0 aliphatic carbocycles. The quantitative estimate of drug-likeness (QED) is 0.667. The van der Waals surface area contributed by atoms with E-state index in [1.807, 2.05) is 0 Å². The number of nitrogens with zero attached hydrogens (tertiary/aromatic N) is 1. The van der Waals surface area contributed by atoms with Crippen molar-refractivity contribution in [2.45, 2.75) is 26.4 Å². The van der Waals surface area contributed by atoms with Gasteiger partial charge in [0.2, 0.25) is 5.91 Å². The number of methoxy groups -OCH3 is 1. The summed E-state index contributed by atoms with van der Waals surface area (Å²) < 4.78 is 10.3. The van der Waals surface area contributed by atoms with E-state index < -0.39 is 23.6 Å². The second-order valence-corrected chi connectivity index (χ2v) is 7.40. The molecule has 0 spiro atoms. The van der Waals surface area contributed by atoms with Crippen molar-refractivity contribution in [1.29, 1.82) is 0 Å². The van der Waals surface area contributed by atoms with Gasteiger partial charge in [-0.3, -0.25) is 4.79 Å². The van der Waals surface area contributed by atoms with Crippen LogP contribution in [0.5, 0.6) is 5.75 Å². The maximum Gasteiger partial charge on any atom is 0.408 e. The number of amides is 2. The molecule has 0 aliphatic rings. The van der Waals surface area contributed by atoms with Gasteiger partial charge in [0.1, 0.15) is 17.9 Å². The zero-order valence-electron chi connectivity index (χ0n) is 16.5. The van der Waals surface area contributed by atoms with Crippen LogP contribution in [0.1, 0.15) is 26.3 Å². The molecule has 28 heavy (non-hydrogen) atoms. The van der Waals surface area contributed by atoms with Gasteiger partial charge in [0, 0.05) is 17.6 Å². The molecule has 0 aromatic heterocycles. The van der Waals surface area contributed by atoms with Crippen molar-refractivity contribution in [2.75, 3.05) is 27.2 Å². The highest BCUT2D eigenvalue weighted by Crippen LogP contribution is 2.25. The molecule has 0 saturated carbocycles. The average Bonchev–Trinajstić information content (AvgIpc) is 2.57. The van der Waals surface area contributed by atoms with Crippen molar-refractivity contribution in [2.24, 2.45) is 0 Å². The Morgan fingerprint density at radius 1 is 1.29 bits per heavy atom. The Hall–Kier alpha value is -2.74. The second-order valence-electron chi connectivity index (χ2n) is 6.97. The Balaban J connectivity index is 2.84. The minimum Gasteiger partial charge on any atom is -0.496 e. The van der Waals surface area contributed by atoms with Crippen molar-refractivity contribution in [3.05, 3.63) is 34.4 Å². The summed E-state index contributed by atoms with van der Waals surface area (Å²) >= 11 is 5.96. The summed E-state index contributed by atoms with van der Waals surface area (Å²) in [6.45, 7) is 4.61. The standard InChI is InChI=1S/C19H25ClN2O6/c1-19(2,3)28-18(26)21-10-16(23)22(4)11-13(17(24)25)8-12-9-14(20)6-7-15(12)27-5/h6-9H,10-11H2,1-5H3,(H,21,26)(H,24,25). The molecule has 8 nitrogen and oxygen atoms in total. The molecule has 0 fully saturated rings. The minimum atomic E-state index is -1.19. The number of rotatable bonds is 7.